The van der Waals surface area contributed by atoms with Gasteiger partial charge in [0.1, 0.15) is 0 Å². The van der Waals surface area contributed by atoms with E-state index in [1.165, 1.54) is 0 Å². The van der Waals surface area contributed by atoms with Crippen LogP contribution in [0.3, 0.4) is 0 Å². The molecule has 0 aromatic heterocycles. The minimum atomic E-state index is 0.0271. The molecule has 24 heavy (non-hydrogen) atoms. The molecule has 0 aliphatic heterocycles. The summed E-state index contributed by atoms with van der Waals surface area (Å²) in [5.74, 6) is 2.81. The molecule has 2 N–H and O–H groups in total. The van der Waals surface area contributed by atoms with Gasteiger partial charge in [-0.3, -0.25) is 9.79 Å². The summed E-state index contributed by atoms with van der Waals surface area (Å²) in [4.78, 5) is 17.8. The molecule has 0 fully saturated rings. The first-order chi connectivity index (χ1) is 11.6. The van der Waals surface area contributed by atoms with Crippen LogP contribution in [0.15, 0.2) is 41.9 Å². The summed E-state index contributed by atoms with van der Waals surface area (Å²) >= 11 is 1.83. The Bertz CT molecular complexity index is 558. The Kier molecular flexibility index (Phi) is 9.68. The molecule has 5 nitrogen and oxygen atoms in total. The van der Waals surface area contributed by atoms with Crippen LogP contribution in [0.2, 0.25) is 0 Å². The largest absolute Gasteiger partial charge is 0.356 e. The third-order valence-corrected chi connectivity index (χ3v) is 4.25. The van der Waals surface area contributed by atoms with Crippen molar-refractivity contribution in [1.82, 2.24) is 15.5 Å². The number of aliphatic imine (C=N–C) groups is 1. The lowest BCUT2D eigenvalue weighted by atomic mass is 10.1. The van der Waals surface area contributed by atoms with E-state index in [1.54, 1.807) is 26.0 Å². The standard InChI is InChI=1S/C18H28N4OS/c1-5-12-24-13-11-21-18(19-2)20-10-9-15-7-6-8-16(14-15)17(23)22(3)4/h5-8,14H,1,9-13H2,2-4H3,(H2,19,20,21). The van der Waals surface area contributed by atoms with Crippen LogP contribution >= 0.6 is 11.8 Å². The highest BCUT2D eigenvalue weighted by Gasteiger charge is 2.08. The number of nitrogens with one attached hydrogen (secondary N) is 2. The number of hydrogen-bond donors (Lipinski definition) is 2. The van der Waals surface area contributed by atoms with E-state index in [1.807, 2.05) is 42.1 Å². The Morgan fingerprint density at radius 3 is 2.75 bits per heavy atom. The molecule has 0 bridgehead atoms. The molecule has 0 radical (unpaired) electrons. The molecule has 0 unspecified atom stereocenters. The van der Waals surface area contributed by atoms with Gasteiger partial charge < -0.3 is 15.5 Å². The molecule has 132 valence electrons. The number of carbonyl (C=O) groups is 1. The van der Waals surface area contributed by atoms with Crippen LogP contribution < -0.4 is 10.6 Å². The minimum absolute atomic E-state index is 0.0271. The van der Waals surface area contributed by atoms with Crippen molar-refractivity contribution in [2.75, 3.05) is 45.7 Å². The molecule has 1 rings (SSSR count). The lowest BCUT2D eigenvalue weighted by molar-refractivity contribution is 0.0827. The van der Waals surface area contributed by atoms with Gasteiger partial charge in [0, 0.05) is 51.3 Å². The first-order valence-corrected chi connectivity index (χ1v) is 9.17. The second-order valence-corrected chi connectivity index (χ2v) is 6.59. The fraction of sp³-hybridized carbons (Fsp3) is 0.444. The van der Waals surface area contributed by atoms with Crippen molar-refractivity contribution >= 4 is 23.6 Å². The number of nitrogens with zero attached hydrogens (tertiary/aromatic N) is 2. The Morgan fingerprint density at radius 2 is 2.08 bits per heavy atom. The van der Waals surface area contributed by atoms with Gasteiger partial charge in [0.2, 0.25) is 0 Å². The highest BCUT2D eigenvalue weighted by molar-refractivity contribution is 7.99. The molecule has 0 aliphatic carbocycles. The molecular weight excluding hydrogens is 320 g/mol. The van der Waals surface area contributed by atoms with E-state index in [4.69, 9.17) is 0 Å². The molecule has 1 amide bonds. The average molecular weight is 349 g/mol. The maximum absolute atomic E-state index is 12.0. The van der Waals surface area contributed by atoms with Crippen molar-refractivity contribution in [3.63, 3.8) is 0 Å². The van der Waals surface area contributed by atoms with E-state index in [0.29, 0.717) is 0 Å². The van der Waals surface area contributed by atoms with Crippen molar-refractivity contribution in [1.29, 1.82) is 0 Å². The molecule has 0 heterocycles. The van der Waals surface area contributed by atoms with E-state index in [-0.39, 0.29) is 5.91 Å². The molecule has 0 saturated heterocycles. The van der Waals surface area contributed by atoms with Crippen molar-refractivity contribution < 1.29 is 4.79 Å². The fourth-order valence-corrected chi connectivity index (χ4v) is 2.65. The molecule has 6 heteroatoms. The van der Waals surface area contributed by atoms with Crippen LogP contribution in [0.1, 0.15) is 15.9 Å². The van der Waals surface area contributed by atoms with Gasteiger partial charge in [-0.2, -0.15) is 11.8 Å². The zero-order chi connectivity index (χ0) is 17.8. The first-order valence-electron chi connectivity index (χ1n) is 8.02. The van der Waals surface area contributed by atoms with E-state index < -0.39 is 0 Å². The SMILES string of the molecule is C=CCSCCNC(=NC)NCCc1cccc(C(=O)N(C)C)c1. The van der Waals surface area contributed by atoms with Crippen molar-refractivity contribution in [2.24, 2.45) is 4.99 Å². The molecule has 1 aromatic carbocycles. The van der Waals surface area contributed by atoms with Crippen LogP contribution in [-0.4, -0.2) is 62.5 Å². The van der Waals surface area contributed by atoms with Gasteiger partial charge in [-0.05, 0) is 24.1 Å². The Hall–Kier alpha value is -1.95. The Balaban J connectivity index is 2.39. The number of hydrogen-bond acceptors (Lipinski definition) is 3. The maximum Gasteiger partial charge on any atom is 0.253 e. The van der Waals surface area contributed by atoms with Gasteiger partial charge in [0.15, 0.2) is 5.96 Å². The van der Waals surface area contributed by atoms with E-state index in [9.17, 15) is 4.79 Å². The molecule has 0 aliphatic rings. The highest BCUT2D eigenvalue weighted by Crippen LogP contribution is 2.07. The third kappa shape index (κ3) is 7.55. The summed E-state index contributed by atoms with van der Waals surface area (Å²) in [7, 11) is 5.29. The lowest BCUT2D eigenvalue weighted by Crippen LogP contribution is -2.39. The van der Waals surface area contributed by atoms with Crippen molar-refractivity contribution in [2.45, 2.75) is 6.42 Å². The summed E-state index contributed by atoms with van der Waals surface area (Å²) in [6, 6.07) is 7.76. The lowest BCUT2D eigenvalue weighted by Gasteiger charge is -2.13. The van der Waals surface area contributed by atoms with Gasteiger partial charge in [0.25, 0.3) is 5.91 Å². The number of carbonyl (C=O) groups excluding carboxylic acids is 1. The molecule has 0 saturated carbocycles. The predicted molar refractivity (Wildman–Crippen MR) is 105 cm³/mol. The average Bonchev–Trinajstić information content (AvgIpc) is 2.59. The van der Waals surface area contributed by atoms with E-state index >= 15 is 0 Å². The molecular formula is C18H28N4OS. The van der Waals surface area contributed by atoms with Gasteiger partial charge >= 0.3 is 0 Å². The van der Waals surface area contributed by atoms with Crippen molar-refractivity contribution in [3.05, 3.63) is 48.0 Å². The smallest absolute Gasteiger partial charge is 0.253 e. The van der Waals surface area contributed by atoms with E-state index in [0.717, 1.165) is 48.1 Å². The maximum atomic E-state index is 12.0. The summed E-state index contributed by atoms with van der Waals surface area (Å²) in [6.07, 6.45) is 2.74. The number of amides is 1. The minimum Gasteiger partial charge on any atom is -0.356 e. The summed E-state index contributed by atoms with van der Waals surface area (Å²) in [6.45, 7) is 5.33. The van der Waals surface area contributed by atoms with Gasteiger partial charge in [-0.15, -0.1) is 6.58 Å². The highest BCUT2D eigenvalue weighted by atomic mass is 32.2. The zero-order valence-corrected chi connectivity index (χ0v) is 15.7. The first kappa shape index (κ1) is 20.1. The molecule has 1 aromatic rings. The Labute approximate surface area is 149 Å². The van der Waals surface area contributed by atoms with Gasteiger partial charge in [0.05, 0.1) is 0 Å². The molecule has 0 spiro atoms. The summed E-state index contributed by atoms with van der Waals surface area (Å²) in [5.41, 5.74) is 1.85. The number of benzene rings is 1. The van der Waals surface area contributed by atoms with Crippen molar-refractivity contribution in [3.8, 4) is 0 Å². The van der Waals surface area contributed by atoms with Crippen LogP contribution in [0, 0.1) is 0 Å². The predicted octanol–water partition coefficient (Wildman–Crippen LogP) is 2.02. The molecule has 0 atom stereocenters. The number of guanidine groups is 1. The number of thioether (sulfide) groups is 1. The van der Waals surface area contributed by atoms with Gasteiger partial charge in [-0.1, -0.05) is 18.2 Å². The fourth-order valence-electron chi connectivity index (χ4n) is 2.07. The number of rotatable bonds is 9. The van der Waals surface area contributed by atoms with Gasteiger partial charge in [-0.25, -0.2) is 0 Å². The Morgan fingerprint density at radius 1 is 1.33 bits per heavy atom. The van der Waals surface area contributed by atoms with E-state index in [2.05, 4.69) is 22.2 Å². The van der Waals surface area contributed by atoms with Crippen LogP contribution in [0.25, 0.3) is 0 Å². The zero-order valence-electron chi connectivity index (χ0n) is 14.8. The normalized spacial score (nSPS) is 11.0. The monoisotopic (exact) mass is 348 g/mol. The summed E-state index contributed by atoms with van der Waals surface area (Å²) in [5, 5.41) is 6.58. The third-order valence-electron chi connectivity index (χ3n) is 3.28. The van der Waals surface area contributed by atoms with Crippen LogP contribution in [-0.2, 0) is 6.42 Å². The van der Waals surface area contributed by atoms with Crippen LogP contribution in [0.4, 0.5) is 0 Å². The second kappa shape index (κ2) is 11.6. The summed E-state index contributed by atoms with van der Waals surface area (Å²) < 4.78 is 0. The second-order valence-electron chi connectivity index (χ2n) is 5.44. The quantitative estimate of drug-likeness (QED) is 0.310. The van der Waals surface area contributed by atoms with Crippen LogP contribution in [0.5, 0.6) is 0 Å². The topological polar surface area (TPSA) is 56.7 Å².